The maximum atomic E-state index is 12.6. The highest BCUT2D eigenvalue weighted by molar-refractivity contribution is 5.64. The standard InChI is InChI=1S/C19H23F4N5O/c1-9(2)18-26-13(10-3-14(29-19(22)23)17(24)25-4-10)7-28(18)16-11-5-27(6-12(11)16)8-15(20)21/h3-4,7,9,11-12,15-16,19H,5-6,8H2,1-2H3,(H2,24,25)/t11-,12+,16?. The summed E-state index contributed by atoms with van der Waals surface area (Å²) in [5.74, 6) is 1.36. The van der Waals surface area contributed by atoms with Crippen LogP contribution in [0.5, 0.6) is 5.75 Å². The molecule has 2 N–H and O–H groups in total. The van der Waals surface area contributed by atoms with Crippen LogP contribution in [0.4, 0.5) is 23.4 Å². The molecule has 4 rings (SSSR count). The molecular formula is C19H23F4N5O. The lowest BCUT2D eigenvalue weighted by Gasteiger charge is -2.20. The molecule has 1 unspecified atom stereocenters. The van der Waals surface area contributed by atoms with Gasteiger partial charge in [-0.1, -0.05) is 13.8 Å². The second kappa shape index (κ2) is 7.47. The van der Waals surface area contributed by atoms with Crippen LogP contribution in [-0.4, -0.2) is 52.1 Å². The molecule has 2 fully saturated rings. The molecule has 158 valence electrons. The number of alkyl halides is 4. The predicted octanol–water partition coefficient (Wildman–Crippen LogP) is 3.62. The van der Waals surface area contributed by atoms with Crippen LogP contribution < -0.4 is 10.5 Å². The molecule has 0 amide bonds. The molecule has 1 aliphatic carbocycles. The van der Waals surface area contributed by atoms with Gasteiger partial charge in [0.25, 0.3) is 6.43 Å². The van der Waals surface area contributed by atoms with Crippen molar-refractivity contribution in [2.75, 3.05) is 25.4 Å². The highest BCUT2D eigenvalue weighted by Gasteiger charge is 2.57. The Bertz CT molecular complexity index is 875. The first kappa shape index (κ1) is 19.9. The van der Waals surface area contributed by atoms with Gasteiger partial charge in [-0.05, 0) is 17.9 Å². The summed E-state index contributed by atoms with van der Waals surface area (Å²) in [5.41, 5.74) is 6.73. The molecule has 2 aliphatic rings. The minimum absolute atomic E-state index is 0.117. The Hall–Kier alpha value is -2.36. The predicted molar refractivity (Wildman–Crippen MR) is 99.1 cm³/mol. The third-order valence-corrected chi connectivity index (χ3v) is 5.61. The maximum absolute atomic E-state index is 12.6. The third-order valence-electron chi connectivity index (χ3n) is 5.61. The molecule has 29 heavy (non-hydrogen) atoms. The summed E-state index contributed by atoms with van der Waals surface area (Å²) in [6.45, 7) is 2.17. The number of ether oxygens (including phenoxy) is 1. The number of likely N-dealkylation sites (tertiary alicyclic amines) is 1. The summed E-state index contributed by atoms with van der Waals surface area (Å²) in [7, 11) is 0. The molecule has 3 heterocycles. The Morgan fingerprint density at radius 2 is 1.90 bits per heavy atom. The van der Waals surface area contributed by atoms with E-state index in [0.29, 0.717) is 36.2 Å². The van der Waals surface area contributed by atoms with E-state index >= 15 is 0 Å². The van der Waals surface area contributed by atoms with E-state index in [4.69, 9.17) is 10.7 Å². The Balaban J connectivity index is 1.58. The number of hydrogen-bond acceptors (Lipinski definition) is 5. The van der Waals surface area contributed by atoms with E-state index in [1.54, 1.807) is 4.90 Å². The fourth-order valence-electron chi connectivity index (χ4n) is 4.34. The van der Waals surface area contributed by atoms with Gasteiger partial charge in [0.2, 0.25) is 0 Å². The first-order chi connectivity index (χ1) is 13.7. The van der Waals surface area contributed by atoms with Crippen LogP contribution in [0, 0.1) is 11.8 Å². The summed E-state index contributed by atoms with van der Waals surface area (Å²) in [5, 5.41) is 0. The van der Waals surface area contributed by atoms with Crippen LogP contribution >= 0.6 is 0 Å². The number of fused-ring (bicyclic) bond motifs is 1. The van der Waals surface area contributed by atoms with Gasteiger partial charge in [0.15, 0.2) is 11.6 Å². The monoisotopic (exact) mass is 413 g/mol. The molecule has 2 aromatic heterocycles. The minimum Gasteiger partial charge on any atom is -0.431 e. The number of pyridine rings is 1. The van der Waals surface area contributed by atoms with E-state index in [1.807, 2.05) is 20.0 Å². The third kappa shape index (κ3) is 3.90. The van der Waals surface area contributed by atoms with Gasteiger partial charge in [-0.15, -0.1) is 0 Å². The topological polar surface area (TPSA) is 69.2 Å². The zero-order chi connectivity index (χ0) is 20.9. The van der Waals surface area contributed by atoms with Crippen LogP contribution in [0.15, 0.2) is 18.5 Å². The number of hydrogen-bond donors (Lipinski definition) is 1. The first-order valence-electron chi connectivity index (χ1n) is 9.54. The fraction of sp³-hybridized carbons (Fsp3) is 0.579. The number of anilines is 1. The van der Waals surface area contributed by atoms with E-state index < -0.39 is 13.0 Å². The zero-order valence-corrected chi connectivity index (χ0v) is 16.1. The maximum Gasteiger partial charge on any atom is 0.387 e. The van der Waals surface area contributed by atoms with Gasteiger partial charge in [-0.2, -0.15) is 8.78 Å². The zero-order valence-electron chi connectivity index (χ0n) is 16.1. The largest absolute Gasteiger partial charge is 0.431 e. The Labute approximate surface area is 165 Å². The molecule has 0 bridgehead atoms. The fourth-order valence-corrected chi connectivity index (χ4v) is 4.34. The van der Waals surface area contributed by atoms with E-state index in [-0.39, 0.29) is 30.1 Å². The quantitative estimate of drug-likeness (QED) is 0.703. The first-order valence-corrected chi connectivity index (χ1v) is 9.54. The van der Waals surface area contributed by atoms with Crippen molar-refractivity contribution < 1.29 is 22.3 Å². The second-order valence-electron chi connectivity index (χ2n) is 7.96. The molecule has 6 nitrogen and oxygen atoms in total. The molecule has 0 spiro atoms. The number of nitrogens with zero attached hydrogens (tertiary/aromatic N) is 4. The van der Waals surface area contributed by atoms with Gasteiger partial charge in [0.05, 0.1) is 12.2 Å². The normalized spacial score (nSPS) is 24.0. The van der Waals surface area contributed by atoms with E-state index in [9.17, 15) is 17.6 Å². The molecule has 10 heteroatoms. The van der Waals surface area contributed by atoms with Gasteiger partial charge in [-0.3, -0.25) is 4.90 Å². The van der Waals surface area contributed by atoms with Crippen LogP contribution in [-0.2, 0) is 0 Å². The van der Waals surface area contributed by atoms with Gasteiger partial charge < -0.3 is 15.0 Å². The molecule has 0 aromatic carbocycles. The van der Waals surface area contributed by atoms with Gasteiger partial charge >= 0.3 is 6.61 Å². The molecule has 0 radical (unpaired) electrons. The smallest absolute Gasteiger partial charge is 0.387 e. The van der Waals surface area contributed by atoms with Crippen molar-refractivity contribution in [1.29, 1.82) is 0 Å². The van der Waals surface area contributed by atoms with Crippen molar-refractivity contribution in [3.63, 3.8) is 0 Å². The Morgan fingerprint density at radius 3 is 2.48 bits per heavy atom. The Morgan fingerprint density at radius 1 is 1.21 bits per heavy atom. The number of piperidine rings is 1. The van der Waals surface area contributed by atoms with Crippen molar-refractivity contribution in [1.82, 2.24) is 19.4 Å². The van der Waals surface area contributed by atoms with E-state index in [1.165, 1.54) is 12.3 Å². The van der Waals surface area contributed by atoms with Gasteiger partial charge in [0, 0.05) is 43.0 Å². The summed E-state index contributed by atoms with van der Waals surface area (Å²) in [6, 6.07) is 1.63. The van der Waals surface area contributed by atoms with Gasteiger partial charge in [-0.25, -0.2) is 18.7 Å². The highest BCUT2D eigenvalue weighted by Crippen LogP contribution is 2.56. The van der Waals surface area contributed by atoms with Crippen LogP contribution in [0.3, 0.4) is 0 Å². The van der Waals surface area contributed by atoms with Crippen molar-refractivity contribution in [2.45, 2.75) is 38.8 Å². The van der Waals surface area contributed by atoms with Crippen LogP contribution in [0.25, 0.3) is 11.3 Å². The minimum atomic E-state index is -3.00. The lowest BCUT2D eigenvalue weighted by Crippen LogP contribution is -2.30. The number of aromatic nitrogens is 3. The summed E-state index contributed by atoms with van der Waals surface area (Å²) in [6.07, 6.45) is 1.04. The highest BCUT2D eigenvalue weighted by atomic mass is 19.3. The summed E-state index contributed by atoms with van der Waals surface area (Å²) >= 11 is 0. The lowest BCUT2D eigenvalue weighted by molar-refractivity contribution is -0.0494. The number of imidazole rings is 1. The van der Waals surface area contributed by atoms with Crippen LogP contribution in [0.2, 0.25) is 0 Å². The average Bonchev–Trinajstić information content (AvgIpc) is 2.97. The van der Waals surface area contributed by atoms with Crippen molar-refractivity contribution in [3.8, 4) is 17.0 Å². The number of rotatable bonds is 7. The summed E-state index contributed by atoms with van der Waals surface area (Å²) in [4.78, 5) is 10.4. The molecule has 2 aromatic rings. The van der Waals surface area contributed by atoms with Crippen molar-refractivity contribution >= 4 is 5.82 Å². The number of halogens is 4. The molecule has 1 saturated heterocycles. The van der Waals surface area contributed by atoms with Crippen molar-refractivity contribution in [2.24, 2.45) is 11.8 Å². The van der Waals surface area contributed by atoms with Gasteiger partial charge in [0.1, 0.15) is 5.82 Å². The molecule has 3 atom stereocenters. The molecule has 1 aliphatic heterocycles. The molecule has 1 saturated carbocycles. The second-order valence-corrected chi connectivity index (χ2v) is 7.96. The average molecular weight is 413 g/mol. The summed E-state index contributed by atoms with van der Waals surface area (Å²) < 4.78 is 57.0. The molecular weight excluding hydrogens is 390 g/mol. The lowest BCUT2D eigenvalue weighted by atomic mass is 10.2. The SMILES string of the molecule is CC(C)c1nc(-c2cnc(N)c(OC(F)F)c2)cn1C1[C@H]2CN(CC(F)F)C[C@@H]12. The Kier molecular flexibility index (Phi) is 5.14. The number of nitrogens with two attached hydrogens (primary N) is 1. The van der Waals surface area contributed by atoms with Crippen molar-refractivity contribution in [3.05, 3.63) is 24.3 Å². The number of nitrogen functional groups attached to an aromatic ring is 1. The van der Waals surface area contributed by atoms with E-state index in [0.717, 1.165) is 5.82 Å². The van der Waals surface area contributed by atoms with E-state index in [2.05, 4.69) is 14.3 Å². The van der Waals surface area contributed by atoms with Crippen LogP contribution in [0.1, 0.15) is 31.6 Å².